The van der Waals surface area contributed by atoms with Crippen LogP contribution in [0, 0.1) is 0 Å². The monoisotopic (exact) mass is 230 g/mol. The highest BCUT2D eigenvalue weighted by molar-refractivity contribution is 7.86. The first-order valence-electron chi connectivity index (χ1n) is 5.04. The SMILES string of the molecule is O=S1c2cccnc2CN1c1ccccc1. The summed E-state index contributed by atoms with van der Waals surface area (Å²) in [6.45, 7) is 0.618. The van der Waals surface area contributed by atoms with Gasteiger partial charge in [-0.05, 0) is 24.3 Å². The van der Waals surface area contributed by atoms with E-state index in [0.29, 0.717) is 6.54 Å². The van der Waals surface area contributed by atoms with Gasteiger partial charge in [0.15, 0.2) is 11.0 Å². The van der Waals surface area contributed by atoms with Crippen LogP contribution in [0.4, 0.5) is 5.69 Å². The number of aromatic nitrogens is 1. The molecule has 1 unspecified atom stereocenters. The van der Waals surface area contributed by atoms with Gasteiger partial charge < -0.3 is 0 Å². The Bertz CT molecular complexity index is 542. The number of nitrogens with zero attached hydrogens (tertiary/aromatic N) is 2. The van der Waals surface area contributed by atoms with E-state index in [1.165, 1.54) is 0 Å². The second kappa shape index (κ2) is 3.72. The maximum absolute atomic E-state index is 12.2. The first-order valence-corrected chi connectivity index (χ1v) is 6.15. The maximum atomic E-state index is 12.2. The van der Waals surface area contributed by atoms with Crippen LogP contribution in [0.5, 0.6) is 0 Å². The largest absolute Gasteiger partial charge is 0.282 e. The number of hydrogen-bond acceptors (Lipinski definition) is 2. The van der Waals surface area contributed by atoms with Crippen molar-refractivity contribution in [3.8, 4) is 0 Å². The molecule has 0 N–H and O–H groups in total. The van der Waals surface area contributed by atoms with Crippen molar-refractivity contribution < 1.29 is 4.21 Å². The van der Waals surface area contributed by atoms with E-state index in [4.69, 9.17) is 0 Å². The Labute approximate surface area is 96.3 Å². The zero-order chi connectivity index (χ0) is 11.0. The summed E-state index contributed by atoms with van der Waals surface area (Å²) in [7, 11) is -1.12. The van der Waals surface area contributed by atoms with E-state index in [0.717, 1.165) is 16.3 Å². The highest BCUT2D eigenvalue weighted by atomic mass is 32.2. The Morgan fingerprint density at radius 3 is 2.69 bits per heavy atom. The number of fused-ring (bicyclic) bond motifs is 1. The summed E-state index contributed by atoms with van der Waals surface area (Å²) in [4.78, 5) is 5.08. The van der Waals surface area contributed by atoms with E-state index in [1.807, 2.05) is 46.8 Å². The van der Waals surface area contributed by atoms with E-state index in [-0.39, 0.29) is 0 Å². The minimum Gasteiger partial charge on any atom is -0.282 e. The molecule has 16 heavy (non-hydrogen) atoms. The number of anilines is 1. The molecule has 1 aliphatic heterocycles. The van der Waals surface area contributed by atoms with Crippen molar-refractivity contribution in [1.29, 1.82) is 0 Å². The van der Waals surface area contributed by atoms with Crippen molar-refractivity contribution in [1.82, 2.24) is 4.98 Å². The zero-order valence-corrected chi connectivity index (χ0v) is 9.35. The standard InChI is InChI=1S/C12H10N2OS/c15-16-12-7-4-8-13-11(12)9-14(16)10-5-2-1-3-6-10/h1-8H,9H2. The summed E-state index contributed by atoms with van der Waals surface area (Å²) in [5, 5.41) is 0. The minimum atomic E-state index is -1.12. The molecule has 0 bridgehead atoms. The topological polar surface area (TPSA) is 33.2 Å². The fourth-order valence-corrected chi connectivity index (χ4v) is 3.10. The van der Waals surface area contributed by atoms with Crippen molar-refractivity contribution >= 4 is 16.7 Å². The molecule has 3 rings (SSSR count). The van der Waals surface area contributed by atoms with Crippen LogP contribution in [-0.4, -0.2) is 9.19 Å². The Kier molecular flexibility index (Phi) is 2.22. The predicted molar refractivity (Wildman–Crippen MR) is 63.3 cm³/mol. The van der Waals surface area contributed by atoms with E-state index in [2.05, 4.69) is 4.98 Å². The quantitative estimate of drug-likeness (QED) is 0.752. The molecule has 1 aromatic carbocycles. The maximum Gasteiger partial charge on any atom is 0.155 e. The lowest BCUT2D eigenvalue weighted by Crippen LogP contribution is -2.17. The summed E-state index contributed by atoms with van der Waals surface area (Å²) in [6.07, 6.45) is 1.74. The summed E-state index contributed by atoms with van der Waals surface area (Å²) < 4.78 is 14.1. The van der Waals surface area contributed by atoms with Gasteiger partial charge in [-0.2, -0.15) is 0 Å². The van der Waals surface area contributed by atoms with Crippen LogP contribution in [0.2, 0.25) is 0 Å². The first-order chi connectivity index (χ1) is 7.86. The molecule has 1 atom stereocenters. The van der Waals surface area contributed by atoms with Crippen LogP contribution in [0.25, 0.3) is 0 Å². The molecule has 2 heterocycles. The van der Waals surface area contributed by atoms with Crippen molar-refractivity contribution in [2.24, 2.45) is 0 Å². The second-order valence-electron chi connectivity index (χ2n) is 3.57. The molecular formula is C12H10N2OS. The molecule has 0 spiro atoms. The fraction of sp³-hybridized carbons (Fsp3) is 0.0833. The Morgan fingerprint density at radius 2 is 1.94 bits per heavy atom. The fourth-order valence-electron chi connectivity index (χ4n) is 1.80. The molecule has 0 aliphatic carbocycles. The molecule has 80 valence electrons. The van der Waals surface area contributed by atoms with Gasteiger partial charge in [-0.1, -0.05) is 18.2 Å². The third-order valence-corrected chi connectivity index (χ3v) is 4.06. The molecule has 4 heteroatoms. The van der Waals surface area contributed by atoms with Crippen molar-refractivity contribution in [2.75, 3.05) is 4.31 Å². The number of pyridine rings is 1. The molecule has 3 nitrogen and oxygen atoms in total. The second-order valence-corrected chi connectivity index (χ2v) is 4.95. The summed E-state index contributed by atoms with van der Waals surface area (Å²) >= 11 is 0. The molecule has 1 aliphatic rings. The van der Waals surface area contributed by atoms with Gasteiger partial charge in [-0.3, -0.25) is 9.29 Å². The van der Waals surface area contributed by atoms with Gasteiger partial charge in [-0.25, -0.2) is 4.21 Å². The zero-order valence-electron chi connectivity index (χ0n) is 8.54. The van der Waals surface area contributed by atoms with Crippen LogP contribution in [-0.2, 0) is 17.5 Å². The van der Waals surface area contributed by atoms with Crippen LogP contribution in [0.1, 0.15) is 5.69 Å². The van der Waals surface area contributed by atoms with Gasteiger partial charge in [0.1, 0.15) is 0 Å². The average Bonchev–Trinajstić information content (AvgIpc) is 2.69. The minimum absolute atomic E-state index is 0.618. The lowest BCUT2D eigenvalue weighted by molar-refractivity contribution is 0.683. The molecule has 0 saturated carbocycles. The van der Waals surface area contributed by atoms with Gasteiger partial charge in [0.25, 0.3) is 0 Å². The average molecular weight is 230 g/mol. The Balaban J connectivity index is 2.02. The van der Waals surface area contributed by atoms with Crippen molar-refractivity contribution in [3.63, 3.8) is 0 Å². The first kappa shape index (κ1) is 9.54. The Morgan fingerprint density at radius 1 is 1.12 bits per heavy atom. The Hall–Kier alpha value is -1.68. The van der Waals surface area contributed by atoms with Crippen LogP contribution >= 0.6 is 0 Å². The molecule has 0 saturated heterocycles. The van der Waals surface area contributed by atoms with Crippen molar-refractivity contribution in [3.05, 3.63) is 54.4 Å². The molecule has 0 amide bonds. The number of rotatable bonds is 1. The summed E-state index contributed by atoms with van der Waals surface area (Å²) in [5.41, 5.74) is 1.88. The number of hydrogen-bond donors (Lipinski definition) is 0. The lowest BCUT2D eigenvalue weighted by Gasteiger charge is -2.14. The molecule has 2 aromatic rings. The predicted octanol–water partition coefficient (Wildman–Crippen LogP) is 2.12. The smallest absolute Gasteiger partial charge is 0.155 e. The van der Waals surface area contributed by atoms with E-state index in [1.54, 1.807) is 6.20 Å². The van der Waals surface area contributed by atoms with Gasteiger partial charge >= 0.3 is 0 Å². The summed E-state index contributed by atoms with van der Waals surface area (Å²) in [5.74, 6) is 0. The van der Waals surface area contributed by atoms with E-state index >= 15 is 0 Å². The van der Waals surface area contributed by atoms with Crippen LogP contribution < -0.4 is 4.31 Å². The van der Waals surface area contributed by atoms with Gasteiger partial charge in [0.05, 0.1) is 22.8 Å². The van der Waals surface area contributed by atoms with Crippen LogP contribution in [0.3, 0.4) is 0 Å². The normalized spacial score (nSPS) is 18.5. The van der Waals surface area contributed by atoms with Gasteiger partial charge in [0.2, 0.25) is 0 Å². The number of benzene rings is 1. The molecule has 0 fully saturated rings. The third kappa shape index (κ3) is 1.42. The van der Waals surface area contributed by atoms with Gasteiger partial charge in [-0.15, -0.1) is 0 Å². The third-order valence-electron chi connectivity index (χ3n) is 2.57. The molecule has 0 radical (unpaired) electrons. The highest BCUT2D eigenvalue weighted by Crippen LogP contribution is 2.29. The number of para-hydroxylation sites is 1. The summed E-state index contributed by atoms with van der Waals surface area (Å²) in [6, 6.07) is 13.5. The van der Waals surface area contributed by atoms with E-state index in [9.17, 15) is 4.21 Å². The molecular weight excluding hydrogens is 220 g/mol. The highest BCUT2D eigenvalue weighted by Gasteiger charge is 2.27. The van der Waals surface area contributed by atoms with E-state index < -0.39 is 11.0 Å². The lowest BCUT2D eigenvalue weighted by atomic mass is 10.3. The van der Waals surface area contributed by atoms with Crippen LogP contribution in [0.15, 0.2) is 53.6 Å². The van der Waals surface area contributed by atoms with Crippen molar-refractivity contribution in [2.45, 2.75) is 11.4 Å². The molecule has 1 aromatic heterocycles. The van der Waals surface area contributed by atoms with Gasteiger partial charge in [0, 0.05) is 6.20 Å².